The number of nitrogen functional groups attached to an aromatic ring is 1. The quantitative estimate of drug-likeness (QED) is 0.815. The van der Waals surface area contributed by atoms with Crippen molar-refractivity contribution in [3.63, 3.8) is 0 Å². The fourth-order valence-corrected chi connectivity index (χ4v) is 1.66. The third-order valence-corrected chi connectivity index (χ3v) is 2.78. The number of pyridine rings is 1. The monoisotopic (exact) mass is 259 g/mol. The van der Waals surface area contributed by atoms with Crippen molar-refractivity contribution in [2.75, 3.05) is 11.1 Å². The first-order valence-electron chi connectivity index (χ1n) is 5.76. The molecular formula is C14H14FN3O. The van der Waals surface area contributed by atoms with Crippen LogP contribution >= 0.6 is 0 Å². The maximum Gasteiger partial charge on any atom is 0.255 e. The number of amides is 1. The summed E-state index contributed by atoms with van der Waals surface area (Å²) in [5, 5.41) is 2.65. The molecule has 0 atom stereocenters. The van der Waals surface area contributed by atoms with Gasteiger partial charge in [0.1, 0.15) is 5.82 Å². The molecule has 0 spiro atoms. The van der Waals surface area contributed by atoms with Crippen molar-refractivity contribution in [3.8, 4) is 0 Å². The van der Waals surface area contributed by atoms with Crippen LogP contribution in [0.25, 0.3) is 0 Å². The second-order valence-electron chi connectivity index (χ2n) is 4.38. The number of anilines is 2. The maximum absolute atomic E-state index is 13.5. The minimum atomic E-state index is -0.493. The lowest BCUT2D eigenvalue weighted by molar-refractivity contribution is 0.102. The number of rotatable bonds is 2. The van der Waals surface area contributed by atoms with Gasteiger partial charge < -0.3 is 11.1 Å². The normalized spacial score (nSPS) is 10.3. The second-order valence-corrected chi connectivity index (χ2v) is 4.38. The first-order chi connectivity index (χ1) is 8.97. The van der Waals surface area contributed by atoms with Crippen LogP contribution in [-0.4, -0.2) is 10.9 Å². The van der Waals surface area contributed by atoms with E-state index < -0.39 is 11.7 Å². The predicted octanol–water partition coefficient (Wildman–Crippen LogP) is 2.67. The van der Waals surface area contributed by atoms with Crippen molar-refractivity contribution in [1.82, 2.24) is 4.98 Å². The Balaban J connectivity index is 2.25. The summed E-state index contributed by atoms with van der Waals surface area (Å²) in [6, 6.07) is 4.40. The Morgan fingerprint density at radius 3 is 2.63 bits per heavy atom. The molecule has 1 amide bonds. The van der Waals surface area contributed by atoms with Gasteiger partial charge in [-0.15, -0.1) is 0 Å². The highest BCUT2D eigenvalue weighted by atomic mass is 19.1. The van der Waals surface area contributed by atoms with E-state index in [-0.39, 0.29) is 11.3 Å². The third kappa shape index (κ3) is 2.88. The number of carbonyl (C=O) groups excluding carboxylic acids is 1. The van der Waals surface area contributed by atoms with Gasteiger partial charge in [0.2, 0.25) is 0 Å². The second kappa shape index (κ2) is 5.06. The largest absolute Gasteiger partial charge is 0.398 e. The number of benzene rings is 1. The minimum absolute atomic E-state index is 0.183. The summed E-state index contributed by atoms with van der Waals surface area (Å²) in [6.45, 7) is 3.43. The van der Waals surface area contributed by atoms with Crippen LogP contribution in [0, 0.1) is 19.7 Å². The van der Waals surface area contributed by atoms with E-state index in [0.29, 0.717) is 11.3 Å². The molecule has 0 saturated heterocycles. The van der Waals surface area contributed by atoms with Gasteiger partial charge in [-0.05, 0) is 37.6 Å². The Kier molecular flexibility index (Phi) is 3.46. The average Bonchev–Trinajstić information content (AvgIpc) is 2.35. The lowest BCUT2D eigenvalue weighted by atomic mass is 10.1. The number of halogens is 1. The van der Waals surface area contributed by atoms with Crippen molar-refractivity contribution < 1.29 is 9.18 Å². The Bertz CT molecular complexity index is 617. The van der Waals surface area contributed by atoms with Crippen molar-refractivity contribution in [1.29, 1.82) is 0 Å². The number of nitrogens with one attached hydrogen (secondary N) is 1. The molecule has 0 fully saturated rings. The summed E-state index contributed by atoms with van der Waals surface area (Å²) in [5.74, 6) is -0.912. The molecule has 98 valence electrons. The van der Waals surface area contributed by atoms with Crippen LogP contribution in [0.3, 0.4) is 0 Å². The zero-order chi connectivity index (χ0) is 14.0. The number of nitrogens with two attached hydrogens (primary N) is 1. The third-order valence-electron chi connectivity index (χ3n) is 2.78. The van der Waals surface area contributed by atoms with E-state index >= 15 is 0 Å². The molecule has 0 aliphatic carbocycles. The van der Waals surface area contributed by atoms with Gasteiger partial charge in [-0.1, -0.05) is 0 Å². The first-order valence-corrected chi connectivity index (χ1v) is 5.76. The topological polar surface area (TPSA) is 68.0 Å². The zero-order valence-electron chi connectivity index (χ0n) is 10.7. The van der Waals surface area contributed by atoms with Crippen LogP contribution in [0.1, 0.15) is 21.5 Å². The Morgan fingerprint density at radius 2 is 2.00 bits per heavy atom. The van der Waals surface area contributed by atoms with E-state index in [4.69, 9.17) is 5.73 Å². The Morgan fingerprint density at radius 1 is 1.26 bits per heavy atom. The summed E-state index contributed by atoms with van der Waals surface area (Å²) in [6.07, 6.45) is 3.21. The highest BCUT2D eigenvalue weighted by molar-refractivity contribution is 6.04. The van der Waals surface area contributed by atoms with E-state index in [1.807, 2.05) is 6.92 Å². The summed E-state index contributed by atoms with van der Waals surface area (Å²) in [7, 11) is 0. The highest BCUT2D eigenvalue weighted by Crippen LogP contribution is 2.18. The van der Waals surface area contributed by atoms with E-state index in [0.717, 1.165) is 5.56 Å². The molecule has 1 aromatic heterocycles. The standard InChI is InChI=1S/C14H14FN3O/c1-8-3-11(7-17-6-8)18-14(19)10-4-12(15)9(2)13(16)5-10/h3-7H,16H2,1-2H3,(H,18,19). The highest BCUT2D eigenvalue weighted by Gasteiger charge is 2.11. The van der Waals surface area contributed by atoms with Crippen molar-refractivity contribution in [2.45, 2.75) is 13.8 Å². The van der Waals surface area contributed by atoms with Gasteiger partial charge in [-0.3, -0.25) is 9.78 Å². The molecule has 2 rings (SSSR count). The Labute approximate surface area is 110 Å². The molecule has 0 aliphatic heterocycles. The lowest BCUT2D eigenvalue weighted by Gasteiger charge is -2.08. The fourth-order valence-electron chi connectivity index (χ4n) is 1.66. The van der Waals surface area contributed by atoms with Gasteiger partial charge in [0.25, 0.3) is 5.91 Å². The van der Waals surface area contributed by atoms with Crippen molar-refractivity contribution in [2.24, 2.45) is 0 Å². The maximum atomic E-state index is 13.5. The number of hydrogen-bond donors (Lipinski definition) is 2. The van der Waals surface area contributed by atoms with Crippen LogP contribution < -0.4 is 11.1 Å². The van der Waals surface area contributed by atoms with Crippen LogP contribution in [0.15, 0.2) is 30.6 Å². The molecule has 0 saturated carbocycles. The lowest BCUT2D eigenvalue weighted by Crippen LogP contribution is -2.13. The molecule has 5 heteroatoms. The molecule has 1 aromatic carbocycles. The van der Waals surface area contributed by atoms with Crippen LogP contribution in [-0.2, 0) is 0 Å². The molecule has 3 N–H and O–H groups in total. The smallest absolute Gasteiger partial charge is 0.255 e. The van der Waals surface area contributed by atoms with Crippen LogP contribution in [0.2, 0.25) is 0 Å². The van der Waals surface area contributed by atoms with Crippen LogP contribution in [0.4, 0.5) is 15.8 Å². The molecule has 0 aliphatic rings. The molecule has 0 bridgehead atoms. The van der Waals surface area contributed by atoms with Gasteiger partial charge in [0, 0.05) is 23.0 Å². The van der Waals surface area contributed by atoms with Gasteiger partial charge in [0.15, 0.2) is 0 Å². The van der Waals surface area contributed by atoms with Crippen molar-refractivity contribution in [3.05, 3.63) is 53.1 Å². The van der Waals surface area contributed by atoms with Crippen molar-refractivity contribution >= 4 is 17.3 Å². The predicted molar refractivity (Wildman–Crippen MR) is 72.5 cm³/mol. The van der Waals surface area contributed by atoms with E-state index in [1.54, 1.807) is 19.2 Å². The molecule has 0 radical (unpaired) electrons. The molecule has 0 unspecified atom stereocenters. The summed E-state index contributed by atoms with van der Waals surface area (Å²) in [4.78, 5) is 15.9. The number of nitrogens with zero attached hydrogens (tertiary/aromatic N) is 1. The summed E-state index contributed by atoms with van der Waals surface area (Å²) >= 11 is 0. The number of aryl methyl sites for hydroxylation is 1. The summed E-state index contributed by atoms with van der Waals surface area (Å²) < 4.78 is 13.5. The molecular weight excluding hydrogens is 245 g/mol. The first kappa shape index (κ1) is 13.0. The van der Waals surface area contributed by atoms with E-state index in [1.165, 1.54) is 18.3 Å². The zero-order valence-corrected chi connectivity index (χ0v) is 10.7. The average molecular weight is 259 g/mol. The summed E-state index contributed by atoms with van der Waals surface area (Å²) in [5.41, 5.74) is 7.91. The number of aromatic nitrogens is 1. The van der Waals surface area contributed by atoms with E-state index in [2.05, 4.69) is 10.3 Å². The Hall–Kier alpha value is -2.43. The SMILES string of the molecule is Cc1cncc(NC(=O)c2cc(N)c(C)c(F)c2)c1. The van der Waals surface area contributed by atoms with Gasteiger partial charge in [-0.25, -0.2) is 4.39 Å². The van der Waals surface area contributed by atoms with E-state index in [9.17, 15) is 9.18 Å². The molecule has 1 heterocycles. The fraction of sp³-hybridized carbons (Fsp3) is 0.143. The van der Waals surface area contributed by atoms with Gasteiger partial charge >= 0.3 is 0 Å². The van der Waals surface area contributed by atoms with Crippen LogP contribution in [0.5, 0.6) is 0 Å². The molecule has 2 aromatic rings. The molecule has 19 heavy (non-hydrogen) atoms. The number of carbonyl (C=O) groups is 1. The number of hydrogen-bond acceptors (Lipinski definition) is 3. The van der Waals surface area contributed by atoms with Gasteiger partial charge in [-0.2, -0.15) is 0 Å². The van der Waals surface area contributed by atoms with Gasteiger partial charge in [0.05, 0.1) is 11.9 Å². The molecule has 4 nitrogen and oxygen atoms in total. The minimum Gasteiger partial charge on any atom is -0.398 e.